The van der Waals surface area contributed by atoms with Gasteiger partial charge < -0.3 is 5.11 Å². The molecule has 146 valence electrons. The van der Waals surface area contributed by atoms with Crippen LogP contribution in [0.15, 0.2) is 0 Å². The van der Waals surface area contributed by atoms with E-state index in [-0.39, 0.29) is 28.4 Å². The number of Topliss-reactive ketones (excluding diaryl/α,β-unsaturated/α-hetero) is 2. The molecule has 0 radical (unpaired) electrons. The summed E-state index contributed by atoms with van der Waals surface area (Å²) in [6.07, 6.45) is 9.21. The van der Waals surface area contributed by atoms with Crippen molar-refractivity contribution in [3.8, 4) is 0 Å². The van der Waals surface area contributed by atoms with Crippen LogP contribution in [0.5, 0.6) is 0 Å². The Balaban J connectivity index is 1.64. The lowest BCUT2D eigenvalue weighted by atomic mass is 9.43. The van der Waals surface area contributed by atoms with Crippen LogP contribution in [-0.2, 0) is 9.59 Å². The van der Waals surface area contributed by atoms with Gasteiger partial charge in [0.25, 0.3) is 0 Å². The van der Waals surface area contributed by atoms with E-state index < -0.39 is 5.60 Å². The van der Waals surface area contributed by atoms with Crippen LogP contribution < -0.4 is 0 Å². The summed E-state index contributed by atoms with van der Waals surface area (Å²) in [7, 11) is 0. The molecule has 4 aliphatic carbocycles. The lowest BCUT2D eigenvalue weighted by Gasteiger charge is -2.63. The van der Waals surface area contributed by atoms with E-state index in [0.29, 0.717) is 23.5 Å². The second kappa shape index (κ2) is 5.90. The van der Waals surface area contributed by atoms with E-state index in [9.17, 15) is 14.7 Å². The minimum Gasteiger partial charge on any atom is -0.389 e. The third-order valence-corrected chi connectivity index (χ3v) is 9.92. The van der Waals surface area contributed by atoms with Crippen LogP contribution >= 0.6 is 0 Å². The van der Waals surface area contributed by atoms with Gasteiger partial charge in [-0.2, -0.15) is 0 Å². The van der Waals surface area contributed by atoms with Crippen LogP contribution in [0.1, 0.15) is 85.5 Å². The molecule has 4 saturated carbocycles. The van der Waals surface area contributed by atoms with Crippen molar-refractivity contribution in [3.63, 3.8) is 0 Å². The maximum absolute atomic E-state index is 12.3. The molecule has 0 bridgehead atoms. The number of hydrogen-bond acceptors (Lipinski definition) is 3. The molecule has 4 rings (SSSR count). The minimum absolute atomic E-state index is 0.0347. The summed E-state index contributed by atoms with van der Waals surface area (Å²) in [6.45, 7) is 8.13. The zero-order chi connectivity index (χ0) is 18.9. The van der Waals surface area contributed by atoms with E-state index in [1.807, 2.05) is 0 Å². The van der Waals surface area contributed by atoms with Crippen molar-refractivity contribution in [1.29, 1.82) is 0 Å². The van der Waals surface area contributed by atoms with Gasteiger partial charge in [-0.15, -0.1) is 0 Å². The van der Waals surface area contributed by atoms with Crippen molar-refractivity contribution in [2.45, 2.75) is 91.1 Å². The SMILES string of the molecule is CC(=O)[C@H]1CC[C@@]2(C)[C@@H](CC[C@@H]3[C@@H]2CC[C@]2(C)[C@@H](C(C)=O)CC[C@@]32O)C1. The first-order chi connectivity index (χ1) is 12.1. The molecule has 0 heterocycles. The van der Waals surface area contributed by atoms with E-state index in [0.717, 1.165) is 57.8 Å². The number of hydrogen-bond donors (Lipinski definition) is 1. The molecule has 26 heavy (non-hydrogen) atoms. The first-order valence-electron chi connectivity index (χ1n) is 10.9. The maximum atomic E-state index is 12.3. The molecular weight excluding hydrogens is 324 g/mol. The zero-order valence-corrected chi connectivity index (χ0v) is 17.0. The highest BCUT2D eigenvalue weighted by molar-refractivity contribution is 5.80. The van der Waals surface area contributed by atoms with Crippen molar-refractivity contribution >= 4 is 11.6 Å². The van der Waals surface area contributed by atoms with E-state index in [1.165, 1.54) is 0 Å². The fourth-order valence-electron chi connectivity index (χ4n) is 8.25. The third-order valence-electron chi connectivity index (χ3n) is 9.92. The smallest absolute Gasteiger partial charge is 0.133 e. The van der Waals surface area contributed by atoms with Gasteiger partial charge in [0.15, 0.2) is 0 Å². The summed E-state index contributed by atoms with van der Waals surface area (Å²) in [5.74, 6) is 2.44. The number of aliphatic hydroxyl groups is 1. The standard InChI is InChI=1S/C23H36O3/c1-14(24)16-7-10-21(3)17(13-16)5-6-20-19(21)8-11-22(4)18(15(2)25)9-12-23(20,22)26/h16-20,26H,5-13H2,1-4H3/t16-,17-,18+,19-,20+,21-,22+,23+/m0/s1. The lowest BCUT2D eigenvalue weighted by molar-refractivity contribution is -0.208. The molecule has 0 amide bonds. The summed E-state index contributed by atoms with van der Waals surface area (Å²) in [4.78, 5) is 24.2. The van der Waals surface area contributed by atoms with E-state index in [1.54, 1.807) is 13.8 Å². The molecule has 0 unspecified atom stereocenters. The van der Waals surface area contributed by atoms with Gasteiger partial charge >= 0.3 is 0 Å². The van der Waals surface area contributed by atoms with Crippen LogP contribution in [0.3, 0.4) is 0 Å². The van der Waals surface area contributed by atoms with Gasteiger partial charge in [-0.1, -0.05) is 13.8 Å². The highest BCUT2D eigenvalue weighted by Gasteiger charge is 2.67. The normalized spacial score (nSPS) is 53.3. The first-order valence-corrected chi connectivity index (χ1v) is 10.9. The van der Waals surface area contributed by atoms with Gasteiger partial charge in [-0.25, -0.2) is 0 Å². The van der Waals surface area contributed by atoms with Gasteiger partial charge in [0.05, 0.1) is 5.60 Å². The third kappa shape index (κ3) is 2.28. The van der Waals surface area contributed by atoms with E-state index in [2.05, 4.69) is 13.8 Å². The molecule has 0 aliphatic heterocycles. The second-order valence-electron chi connectivity index (χ2n) is 10.7. The average molecular weight is 361 g/mol. The monoisotopic (exact) mass is 360 g/mol. The highest BCUT2D eigenvalue weighted by Crippen LogP contribution is 2.69. The zero-order valence-electron chi connectivity index (χ0n) is 17.0. The highest BCUT2D eigenvalue weighted by atomic mass is 16.3. The van der Waals surface area contributed by atoms with Gasteiger partial charge in [-0.3, -0.25) is 9.59 Å². The number of fused-ring (bicyclic) bond motifs is 5. The van der Waals surface area contributed by atoms with Gasteiger partial charge in [0.2, 0.25) is 0 Å². The Morgan fingerprint density at radius 1 is 0.846 bits per heavy atom. The molecular formula is C23H36O3. The Labute approximate surface area is 158 Å². The number of rotatable bonds is 2. The number of ketones is 2. The van der Waals surface area contributed by atoms with Crippen molar-refractivity contribution < 1.29 is 14.7 Å². The molecule has 4 fully saturated rings. The van der Waals surface area contributed by atoms with E-state index >= 15 is 0 Å². The molecule has 0 saturated heterocycles. The molecule has 4 aliphatic rings. The average Bonchev–Trinajstić information content (AvgIpc) is 2.85. The van der Waals surface area contributed by atoms with Gasteiger partial charge in [-0.05, 0) is 94.8 Å². The van der Waals surface area contributed by atoms with Crippen molar-refractivity contribution in [1.82, 2.24) is 0 Å². The molecule has 1 N–H and O–H groups in total. The molecule has 0 aromatic carbocycles. The van der Waals surface area contributed by atoms with E-state index in [4.69, 9.17) is 0 Å². The van der Waals surface area contributed by atoms with Crippen molar-refractivity contribution in [2.24, 2.45) is 40.4 Å². The van der Waals surface area contributed by atoms with Gasteiger partial charge in [0.1, 0.15) is 11.6 Å². The summed E-state index contributed by atoms with van der Waals surface area (Å²) < 4.78 is 0. The quantitative estimate of drug-likeness (QED) is 0.786. The van der Waals surface area contributed by atoms with Crippen LogP contribution in [0.25, 0.3) is 0 Å². The van der Waals surface area contributed by atoms with Crippen LogP contribution in [0, 0.1) is 40.4 Å². The lowest BCUT2D eigenvalue weighted by Crippen LogP contribution is -2.62. The molecule has 3 heteroatoms. The molecule has 3 nitrogen and oxygen atoms in total. The van der Waals surface area contributed by atoms with Crippen molar-refractivity contribution in [2.75, 3.05) is 0 Å². The first kappa shape index (κ1) is 18.7. The maximum Gasteiger partial charge on any atom is 0.133 e. The second-order valence-corrected chi connectivity index (χ2v) is 10.7. The van der Waals surface area contributed by atoms with Crippen LogP contribution in [0.2, 0.25) is 0 Å². The summed E-state index contributed by atoms with van der Waals surface area (Å²) in [5, 5.41) is 11.9. The summed E-state index contributed by atoms with van der Waals surface area (Å²) in [6, 6.07) is 0. The Kier molecular flexibility index (Phi) is 4.23. The Bertz CT molecular complexity index is 627. The molecule has 8 atom stereocenters. The minimum atomic E-state index is -0.669. The summed E-state index contributed by atoms with van der Waals surface area (Å²) >= 11 is 0. The predicted molar refractivity (Wildman–Crippen MR) is 102 cm³/mol. The topological polar surface area (TPSA) is 54.4 Å². The summed E-state index contributed by atoms with van der Waals surface area (Å²) in [5.41, 5.74) is -0.641. The van der Waals surface area contributed by atoms with Crippen LogP contribution in [-0.4, -0.2) is 22.3 Å². The fraction of sp³-hybridized carbons (Fsp3) is 0.913. The Hall–Kier alpha value is -0.700. The van der Waals surface area contributed by atoms with Crippen LogP contribution in [0.4, 0.5) is 0 Å². The fourth-order valence-corrected chi connectivity index (χ4v) is 8.25. The molecule has 0 spiro atoms. The largest absolute Gasteiger partial charge is 0.389 e. The Morgan fingerprint density at radius 2 is 1.58 bits per heavy atom. The number of carbonyl (C=O) groups excluding carboxylic acids is 2. The van der Waals surface area contributed by atoms with Crippen molar-refractivity contribution in [3.05, 3.63) is 0 Å². The number of carbonyl (C=O) groups is 2. The molecule has 0 aromatic heterocycles. The van der Waals surface area contributed by atoms with Gasteiger partial charge in [0, 0.05) is 17.3 Å². The molecule has 0 aromatic rings. The predicted octanol–water partition coefficient (Wildman–Crippen LogP) is 4.55. The Morgan fingerprint density at radius 3 is 2.23 bits per heavy atom.